The van der Waals surface area contributed by atoms with Gasteiger partial charge >= 0.3 is 0 Å². The van der Waals surface area contributed by atoms with Crippen molar-refractivity contribution in [3.05, 3.63) is 22.0 Å². The largest absolute Gasteiger partial charge is 0.454 e. The number of halogens is 1. The van der Waals surface area contributed by atoms with Crippen LogP contribution >= 0.6 is 34.4 Å². The summed E-state index contributed by atoms with van der Waals surface area (Å²) in [4.78, 5) is 28.9. The first-order valence-electron chi connectivity index (χ1n) is 11.1. The summed E-state index contributed by atoms with van der Waals surface area (Å²) >= 11 is 3.81. The second-order valence-electron chi connectivity index (χ2n) is 8.10. The van der Waals surface area contributed by atoms with Crippen molar-refractivity contribution in [3.63, 3.8) is 0 Å². The Morgan fingerprint density at radius 3 is 2.82 bits per heavy atom. The molecule has 10 nitrogen and oxygen atoms in total. The number of hydrogen-bond acceptors (Lipinski definition) is 9. The smallest absolute Gasteiger partial charge is 0.231 e. The highest BCUT2D eigenvalue weighted by molar-refractivity contribution is 14.1. The van der Waals surface area contributed by atoms with Crippen molar-refractivity contribution in [3.8, 4) is 11.5 Å². The fraction of sp³-hybridized carbons (Fsp3) is 0.455. The zero-order valence-corrected chi connectivity index (χ0v) is 22.4. The van der Waals surface area contributed by atoms with Gasteiger partial charge in [0.1, 0.15) is 6.33 Å². The van der Waals surface area contributed by atoms with Gasteiger partial charge in [-0.05, 0) is 62.0 Å². The van der Waals surface area contributed by atoms with Crippen molar-refractivity contribution >= 4 is 57.2 Å². The molecule has 0 unspecified atom stereocenters. The minimum atomic E-state index is 0.130. The molecule has 3 N–H and O–H groups in total. The summed E-state index contributed by atoms with van der Waals surface area (Å²) in [6.07, 6.45) is 2.69. The maximum Gasteiger partial charge on any atom is 0.231 e. The Balaban J connectivity index is 1.58. The Labute approximate surface area is 216 Å². The predicted octanol–water partition coefficient (Wildman–Crippen LogP) is 3.13. The Kier molecular flexibility index (Phi) is 7.99. The lowest BCUT2D eigenvalue weighted by atomic mass is 10.2. The molecule has 0 fully saturated rings. The van der Waals surface area contributed by atoms with Gasteiger partial charge in [0.25, 0.3) is 0 Å². The molecule has 0 spiro atoms. The molecular weight excluding hydrogens is 569 g/mol. The molecule has 0 aliphatic carbocycles. The second-order valence-corrected chi connectivity index (χ2v) is 10.3. The van der Waals surface area contributed by atoms with Crippen molar-refractivity contribution in [2.75, 3.05) is 32.7 Å². The minimum Gasteiger partial charge on any atom is -0.454 e. The Hall–Kier alpha value is -2.32. The average molecular weight is 597 g/mol. The number of amides is 1. The highest BCUT2D eigenvalue weighted by atomic mass is 127. The van der Waals surface area contributed by atoms with E-state index in [9.17, 15) is 4.79 Å². The first kappa shape index (κ1) is 24.8. The van der Waals surface area contributed by atoms with E-state index in [0.29, 0.717) is 43.0 Å². The van der Waals surface area contributed by atoms with Gasteiger partial charge < -0.3 is 30.0 Å². The molecule has 34 heavy (non-hydrogen) atoms. The molecule has 2 aromatic heterocycles. The lowest BCUT2D eigenvalue weighted by Crippen LogP contribution is -2.39. The number of fused-ring (bicyclic) bond motifs is 2. The standard InChI is InChI=1S/C22H28IN7O3S/c1-13(2)29(18(31)5-6-25-3)7-4-8-30-21-19(20(24)26-11-27-21)28-22(30)34-17-10-16-15(9-14(17)23)32-12-33-16/h9-11,13,25H,4-8,12H2,1-3H3,(H2,24,26,27). The monoisotopic (exact) mass is 597 g/mol. The molecule has 0 radical (unpaired) electrons. The molecule has 1 aliphatic heterocycles. The molecule has 0 saturated carbocycles. The second kappa shape index (κ2) is 11.0. The molecular formula is C22H28IN7O3S. The molecule has 0 bridgehead atoms. The van der Waals surface area contributed by atoms with E-state index in [1.165, 1.54) is 18.1 Å². The number of hydrogen-bond donors (Lipinski definition) is 2. The normalized spacial score (nSPS) is 12.6. The van der Waals surface area contributed by atoms with Gasteiger partial charge in [0.2, 0.25) is 12.7 Å². The summed E-state index contributed by atoms with van der Waals surface area (Å²) < 4.78 is 14.1. The lowest BCUT2D eigenvalue weighted by molar-refractivity contribution is -0.132. The number of nitrogens with two attached hydrogens (primary N) is 1. The molecule has 1 aliphatic rings. The van der Waals surface area contributed by atoms with Crippen LogP contribution in [0.5, 0.6) is 11.5 Å². The van der Waals surface area contributed by atoms with Gasteiger partial charge in [0.15, 0.2) is 33.6 Å². The summed E-state index contributed by atoms with van der Waals surface area (Å²) in [7, 11) is 1.85. The first-order chi connectivity index (χ1) is 16.4. The number of nitrogen functional groups attached to an aromatic ring is 1. The summed E-state index contributed by atoms with van der Waals surface area (Å²) in [5.41, 5.74) is 7.36. The molecule has 3 heterocycles. The molecule has 12 heteroatoms. The van der Waals surface area contributed by atoms with Gasteiger partial charge in [-0.25, -0.2) is 15.0 Å². The first-order valence-corrected chi connectivity index (χ1v) is 13.0. The molecule has 4 rings (SSSR count). The van der Waals surface area contributed by atoms with Gasteiger partial charge in [0.05, 0.1) is 0 Å². The maximum atomic E-state index is 12.6. The van der Waals surface area contributed by atoms with Crippen LogP contribution in [0.15, 0.2) is 28.5 Å². The van der Waals surface area contributed by atoms with E-state index in [2.05, 4.69) is 42.4 Å². The summed E-state index contributed by atoms with van der Waals surface area (Å²) in [6.45, 7) is 6.26. The number of benzene rings is 1. The molecule has 182 valence electrons. The lowest BCUT2D eigenvalue weighted by Gasteiger charge is -2.27. The summed E-state index contributed by atoms with van der Waals surface area (Å²) in [5, 5.41) is 3.80. The van der Waals surface area contributed by atoms with Gasteiger partial charge in [-0.15, -0.1) is 0 Å². The highest BCUT2D eigenvalue weighted by Gasteiger charge is 2.22. The number of imidazole rings is 1. The van der Waals surface area contributed by atoms with Crippen LogP contribution in [0.1, 0.15) is 26.7 Å². The number of aromatic nitrogens is 4. The van der Waals surface area contributed by atoms with Crippen molar-refractivity contribution in [1.82, 2.24) is 29.7 Å². The molecule has 1 aromatic carbocycles. The molecule has 1 amide bonds. The summed E-state index contributed by atoms with van der Waals surface area (Å²) in [6, 6.07) is 4.06. The molecule has 3 aromatic rings. The maximum absolute atomic E-state index is 12.6. The quantitative estimate of drug-likeness (QED) is 0.340. The van der Waals surface area contributed by atoms with Crippen LogP contribution in [0.25, 0.3) is 11.2 Å². The number of aryl methyl sites for hydroxylation is 1. The Morgan fingerprint density at radius 2 is 2.09 bits per heavy atom. The van der Waals surface area contributed by atoms with E-state index in [0.717, 1.165) is 31.5 Å². The molecule has 0 atom stereocenters. The van der Waals surface area contributed by atoms with E-state index in [1.807, 2.05) is 37.9 Å². The highest BCUT2D eigenvalue weighted by Crippen LogP contribution is 2.41. The van der Waals surface area contributed by atoms with Crippen molar-refractivity contribution in [1.29, 1.82) is 0 Å². The van der Waals surface area contributed by atoms with E-state index < -0.39 is 0 Å². The number of rotatable bonds is 10. The van der Waals surface area contributed by atoms with E-state index in [-0.39, 0.29) is 18.7 Å². The van der Waals surface area contributed by atoms with E-state index in [4.69, 9.17) is 20.2 Å². The number of nitrogens with one attached hydrogen (secondary N) is 1. The summed E-state index contributed by atoms with van der Waals surface area (Å²) in [5.74, 6) is 1.96. The van der Waals surface area contributed by atoms with Gasteiger partial charge in [-0.1, -0.05) is 11.8 Å². The Bertz CT molecular complexity index is 1190. The van der Waals surface area contributed by atoms with Crippen LogP contribution in [0, 0.1) is 3.57 Å². The zero-order valence-electron chi connectivity index (χ0n) is 19.4. The van der Waals surface area contributed by atoms with Gasteiger partial charge in [-0.2, -0.15) is 0 Å². The zero-order chi connectivity index (χ0) is 24.2. The minimum absolute atomic E-state index is 0.130. The number of ether oxygens (including phenoxy) is 2. The fourth-order valence-electron chi connectivity index (χ4n) is 3.73. The van der Waals surface area contributed by atoms with E-state index >= 15 is 0 Å². The SMILES string of the molecule is CNCCC(=O)N(CCCn1c(Sc2cc3c(cc2I)OCO3)nc2c(N)ncnc21)C(C)C. The van der Waals surface area contributed by atoms with Crippen LogP contribution in [0.4, 0.5) is 5.82 Å². The number of anilines is 1. The third-order valence-electron chi connectivity index (χ3n) is 5.47. The number of carbonyl (C=O) groups excluding carboxylic acids is 1. The van der Waals surface area contributed by atoms with Crippen LogP contribution in [-0.2, 0) is 11.3 Å². The fourth-order valence-corrected chi connectivity index (χ4v) is 5.45. The Morgan fingerprint density at radius 1 is 1.32 bits per heavy atom. The third-order valence-corrected chi connectivity index (χ3v) is 7.78. The average Bonchev–Trinajstić information content (AvgIpc) is 3.40. The predicted molar refractivity (Wildman–Crippen MR) is 139 cm³/mol. The number of nitrogens with zero attached hydrogens (tertiary/aromatic N) is 5. The van der Waals surface area contributed by atoms with Crippen LogP contribution in [0.2, 0.25) is 0 Å². The van der Waals surface area contributed by atoms with Crippen LogP contribution < -0.4 is 20.5 Å². The topological polar surface area (TPSA) is 120 Å². The molecule has 0 saturated heterocycles. The van der Waals surface area contributed by atoms with Gasteiger partial charge in [-0.3, -0.25) is 4.79 Å². The van der Waals surface area contributed by atoms with Crippen LogP contribution in [-0.4, -0.2) is 63.3 Å². The van der Waals surface area contributed by atoms with E-state index in [1.54, 1.807) is 0 Å². The third kappa shape index (κ3) is 5.33. The van der Waals surface area contributed by atoms with Crippen molar-refractivity contribution < 1.29 is 14.3 Å². The van der Waals surface area contributed by atoms with Crippen molar-refractivity contribution in [2.24, 2.45) is 0 Å². The van der Waals surface area contributed by atoms with Crippen molar-refractivity contribution in [2.45, 2.75) is 49.3 Å². The van der Waals surface area contributed by atoms with Gasteiger partial charge in [0, 0.05) is 40.6 Å². The number of carbonyl (C=O) groups is 1. The van der Waals surface area contributed by atoms with Crippen LogP contribution in [0.3, 0.4) is 0 Å².